The summed E-state index contributed by atoms with van der Waals surface area (Å²) in [6, 6.07) is 3.34. The predicted octanol–water partition coefficient (Wildman–Crippen LogP) is 2.39. The van der Waals surface area contributed by atoms with Crippen LogP contribution in [-0.2, 0) is 11.3 Å². The molecule has 0 bridgehead atoms. The lowest BCUT2D eigenvalue weighted by molar-refractivity contribution is 0.141. The molecule has 0 radical (unpaired) electrons. The number of hydrogen-bond acceptors (Lipinski definition) is 3. The molecular weight excluding hydrogens is 209 g/mol. The summed E-state index contributed by atoms with van der Waals surface area (Å²) in [6.07, 6.45) is 0.572. The molecule has 4 heteroatoms. The lowest BCUT2D eigenvalue weighted by Crippen LogP contribution is -2.06. The average molecular weight is 227 g/mol. The van der Waals surface area contributed by atoms with Gasteiger partial charge in [-0.1, -0.05) is 13.8 Å². The van der Waals surface area contributed by atoms with Crippen molar-refractivity contribution >= 4 is 0 Å². The Morgan fingerprint density at radius 1 is 1.38 bits per heavy atom. The van der Waals surface area contributed by atoms with E-state index in [4.69, 9.17) is 10.6 Å². The molecule has 90 valence electrons. The number of hydrogen-bond donors (Lipinski definition) is 1. The molecule has 0 aliphatic heterocycles. The molecule has 0 unspecified atom stereocenters. The second kappa shape index (κ2) is 5.82. The standard InChI is InChI=1S/C12H18FNO2/c1-8(2)12-10(13)6-9(4-5-16-14)7-11(12)15-3/h6-8H,4-5,14H2,1-3H3. The first-order valence-electron chi connectivity index (χ1n) is 5.28. The summed E-state index contributed by atoms with van der Waals surface area (Å²) in [5.74, 6) is 5.38. The van der Waals surface area contributed by atoms with Gasteiger partial charge in [0.05, 0.1) is 13.7 Å². The molecule has 0 amide bonds. The van der Waals surface area contributed by atoms with Gasteiger partial charge in [0.25, 0.3) is 0 Å². The Kier molecular flexibility index (Phi) is 4.71. The minimum Gasteiger partial charge on any atom is -0.496 e. The Hall–Kier alpha value is -1.13. The maximum absolute atomic E-state index is 13.8. The fraction of sp³-hybridized carbons (Fsp3) is 0.500. The first-order valence-corrected chi connectivity index (χ1v) is 5.28. The van der Waals surface area contributed by atoms with Crippen LogP contribution in [0.3, 0.4) is 0 Å². The Morgan fingerprint density at radius 3 is 2.56 bits per heavy atom. The molecule has 1 rings (SSSR count). The highest BCUT2D eigenvalue weighted by Gasteiger charge is 2.14. The van der Waals surface area contributed by atoms with E-state index in [9.17, 15) is 4.39 Å². The second-order valence-corrected chi connectivity index (χ2v) is 3.97. The van der Waals surface area contributed by atoms with Crippen molar-refractivity contribution in [2.24, 2.45) is 5.90 Å². The van der Waals surface area contributed by atoms with Gasteiger partial charge in [-0.3, -0.25) is 0 Å². The number of nitrogens with two attached hydrogens (primary N) is 1. The number of methoxy groups -OCH3 is 1. The van der Waals surface area contributed by atoms with E-state index in [1.807, 2.05) is 19.9 Å². The minimum atomic E-state index is -0.235. The van der Waals surface area contributed by atoms with Gasteiger partial charge in [0, 0.05) is 5.56 Å². The van der Waals surface area contributed by atoms with Crippen molar-refractivity contribution in [1.82, 2.24) is 0 Å². The molecule has 0 aromatic heterocycles. The van der Waals surface area contributed by atoms with Crippen LogP contribution in [0.25, 0.3) is 0 Å². The zero-order chi connectivity index (χ0) is 12.1. The lowest BCUT2D eigenvalue weighted by Gasteiger charge is -2.14. The van der Waals surface area contributed by atoms with Crippen LogP contribution in [0.5, 0.6) is 5.75 Å². The third-order valence-corrected chi connectivity index (χ3v) is 2.46. The summed E-state index contributed by atoms with van der Waals surface area (Å²) in [6.45, 7) is 4.23. The van der Waals surface area contributed by atoms with Crippen LogP contribution < -0.4 is 10.6 Å². The fourth-order valence-corrected chi connectivity index (χ4v) is 1.70. The molecule has 1 aromatic rings. The van der Waals surface area contributed by atoms with Gasteiger partial charge in [-0.15, -0.1) is 0 Å². The summed E-state index contributed by atoms with van der Waals surface area (Å²) in [7, 11) is 1.55. The van der Waals surface area contributed by atoms with E-state index in [-0.39, 0.29) is 11.7 Å². The SMILES string of the molecule is COc1cc(CCON)cc(F)c1C(C)C. The van der Waals surface area contributed by atoms with Gasteiger partial charge < -0.3 is 9.57 Å². The second-order valence-electron chi connectivity index (χ2n) is 3.97. The van der Waals surface area contributed by atoms with Gasteiger partial charge in [0.1, 0.15) is 11.6 Å². The number of rotatable bonds is 5. The molecule has 0 saturated heterocycles. The monoisotopic (exact) mass is 227 g/mol. The summed E-state index contributed by atoms with van der Waals surface area (Å²) in [5, 5.41) is 0. The number of halogens is 1. The van der Waals surface area contributed by atoms with E-state index < -0.39 is 0 Å². The van der Waals surface area contributed by atoms with E-state index in [0.29, 0.717) is 24.3 Å². The Morgan fingerprint density at radius 2 is 2.06 bits per heavy atom. The topological polar surface area (TPSA) is 44.5 Å². The van der Waals surface area contributed by atoms with Crippen molar-refractivity contribution in [3.8, 4) is 5.75 Å². The Bertz CT molecular complexity index is 353. The van der Waals surface area contributed by atoms with Crippen molar-refractivity contribution < 1.29 is 14.0 Å². The van der Waals surface area contributed by atoms with Crippen LogP contribution in [0.4, 0.5) is 4.39 Å². The van der Waals surface area contributed by atoms with Gasteiger partial charge >= 0.3 is 0 Å². The third kappa shape index (κ3) is 2.93. The molecule has 1 aromatic carbocycles. The van der Waals surface area contributed by atoms with Gasteiger partial charge in [-0.05, 0) is 30.0 Å². The summed E-state index contributed by atoms with van der Waals surface area (Å²) < 4.78 is 19.0. The van der Waals surface area contributed by atoms with Gasteiger partial charge in [0.15, 0.2) is 0 Å². The highest BCUT2D eigenvalue weighted by Crippen LogP contribution is 2.30. The highest BCUT2D eigenvalue weighted by atomic mass is 19.1. The third-order valence-electron chi connectivity index (χ3n) is 2.46. The van der Waals surface area contributed by atoms with E-state index in [1.54, 1.807) is 7.11 Å². The molecule has 0 spiro atoms. The summed E-state index contributed by atoms with van der Waals surface area (Å²) in [5.41, 5.74) is 1.43. The molecule has 0 fully saturated rings. The maximum atomic E-state index is 13.8. The van der Waals surface area contributed by atoms with Gasteiger partial charge in [-0.25, -0.2) is 10.3 Å². The van der Waals surface area contributed by atoms with E-state index >= 15 is 0 Å². The Labute approximate surface area is 95.3 Å². The normalized spacial score (nSPS) is 10.9. The van der Waals surface area contributed by atoms with Crippen LogP contribution in [0.15, 0.2) is 12.1 Å². The van der Waals surface area contributed by atoms with Crippen molar-refractivity contribution in [2.75, 3.05) is 13.7 Å². The number of benzene rings is 1. The maximum Gasteiger partial charge on any atom is 0.130 e. The molecule has 0 saturated carbocycles. The van der Waals surface area contributed by atoms with Crippen molar-refractivity contribution in [2.45, 2.75) is 26.2 Å². The lowest BCUT2D eigenvalue weighted by atomic mass is 9.98. The highest BCUT2D eigenvalue weighted by molar-refractivity contribution is 5.40. The molecule has 0 aliphatic rings. The zero-order valence-electron chi connectivity index (χ0n) is 9.92. The summed E-state index contributed by atoms with van der Waals surface area (Å²) in [4.78, 5) is 4.47. The summed E-state index contributed by atoms with van der Waals surface area (Å²) >= 11 is 0. The fourth-order valence-electron chi connectivity index (χ4n) is 1.70. The van der Waals surface area contributed by atoms with E-state index in [1.165, 1.54) is 6.07 Å². The Balaban J connectivity index is 3.06. The van der Waals surface area contributed by atoms with Crippen molar-refractivity contribution in [3.63, 3.8) is 0 Å². The first kappa shape index (κ1) is 12.9. The molecule has 0 aliphatic carbocycles. The van der Waals surface area contributed by atoms with Crippen LogP contribution in [0.2, 0.25) is 0 Å². The molecular formula is C12H18FNO2. The minimum absolute atomic E-state index is 0.0924. The van der Waals surface area contributed by atoms with Crippen LogP contribution in [0.1, 0.15) is 30.9 Å². The van der Waals surface area contributed by atoms with Crippen molar-refractivity contribution in [1.29, 1.82) is 0 Å². The largest absolute Gasteiger partial charge is 0.496 e. The smallest absolute Gasteiger partial charge is 0.130 e. The quantitative estimate of drug-likeness (QED) is 0.785. The molecule has 0 atom stereocenters. The molecule has 3 nitrogen and oxygen atoms in total. The van der Waals surface area contributed by atoms with Gasteiger partial charge in [0.2, 0.25) is 0 Å². The predicted molar refractivity (Wildman–Crippen MR) is 60.9 cm³/mol. The number of ether oxygens (including phenoxy) is 1. The average Bonchev–Trinajstić information content (AvgIpc) is 2.24. The van der Waals surface area contributed by atoms with Crippen LogP contribution in [0, 0.1) is 5.82 Å². The van der Waals surface area contributed by atoms with Crippen LogP contribution >= 0.6 is 0 Å². The molecule has 2 N–H and O–H groups in total. The van der Waals surface area contributed by atoms with E-state index in [0.717, 1.165) is 5.56 Å². The van der Waals surface area contributed by atoms with Crippen molar-refractivity contribution in [3.05, 3.63) is 29.1 Å². The molecule has 16 heavy (non-hydrogen) atoms. The molecule has 0 heterocycles. The zero-order valence-corrected chi connectivity index (χ0v) is 9.92. The van der Waals surface area contributed by atoms with Crippen LogP contribution in [-0.4, -0.2) is 13.7 Å². The van der Waals surface area contributed by atoms with Gasteiger partial charge in [-0.2, -0.15) is 0 Å². The van der Waals surface area contributed by atoms with E-state index in [2.05, 4.69) is 4.84 Å². The first-order chi connectivity index (χ1) is 7.60.